The molecule has 0 fully saturated rings. The molecule has 0 aliphatic rings. The monoisotopic (exact) mass is 500 g/mol. The van der Waals surface area contributed by atoms with Gasteiger partial charge in [-0.2, -0.15) is 30.7 Å². The molecule has 0 bridgehead atoms. The molecule has 3 aromatic carbocycles. The van der Waals surface area contributed by atoms with Gasteiger partial charge in [0.2, 0.25) is 11.6 Å². The molecule has 0 atom stereocenters. The van der Waals surface area contributed by atoms with E-state index in [1.165, 1.54) is 0 Å². The minimum absolute atomic E-state index is 0.384. The molecule has 0 heterocycles. The average Bonchev–Trinajstić information content (AvgIpc) is 2.63. The number of nitrogen functional groups attached to an aromatic ring is 2. The summed E-state index contributed by atoms with van der Waals surface area (Å²) in [5.41, 5.74) is 3.94. The third kappa shape index (κ3) is 5.05. The van der Waals surface area contributed by atoms with E-state index in [-0.39, 0.29) is 5.69 Å². The number of nitrogens with two attached hydrogens (primary N) is 2. The van der Waals surface area contributed by atoms with Gasteiger partial charge in [0, 0.05) is 35.6 Å². The van der Waals surface area contributed by atoms with Crippen LogP contribution in [0.15, 0.2) is 36.4 Å². The lowest BCUT2D eigenvalue weighted by Crippen LogP contribution is -2.21. The Hall–Kier alpha value is -3.84. The molecule has 4 nitrogen and oxygen atoms in total. The molecule has 0 amide bonds. The van der Waals surface area contributed by atoms with Crippen molar-refractivity contribution in [2.75, 3.05) is 11.5 Å². The molecule has 0 radical (unpaired) electrons. The number of rotatable bonds is 4. The molecule has 0 saturated heterocycles. The molecule has 34 heavy (non-hydrogen) atoms. The summed E-state index contributed by atoms with van der Waals surface area (Å²) in [4.78, 5) is 0. The maximum atomic E-state index is 15.1. The van der Waals surface area contributed by atoms with Crippen LogP contribution >= 0.6 is 0 Å². The average molecular weight is 500 g/mol. The van der Waals surface area contributed by atoms with Crippen molar-refractivity contribution in [1.29, 1.82) is 0 Å². The Morgan fingerprint density at radius 3 is 1.32 bits per heavy atom. The largest absolute Gasteiger partial charge is 0.453 e. The van der Waals surface area contributed by atoms with Crippen LogP contribution in [-0.2, 0) is 12.4 Å². The van der Waals surface area contributed by atoms with Crippen LogP contribution in [0.5, 0.6) is 23.0 Å². The summed E-state index contributed by atoms with van der Waals surface area (Å²) in [7, 11) is 0. The normalized spacial score (nSPS) is 12.1. The number of anilines is 2. The summed E-state index contributed by atoms with van der Waals surface area (Å²) >= 11 is 0. The topological polar surface area (TPSA) is 70.5 Å². The second-order valence-corrected chi connectivity index (χ2v) is 6.68. The third-order valence-electron chi connectivity index (χ3n) is 4.09. The summed E-state index contributed by atoms with van der Waals surface area (Å²) in [6.07, 6.45) is -12.1. The van der Waals surface area contributed by atoms with Crippen molar-refractivity contribution in [2.24, 2.45) is 0 Å². The first-order valence-electron chi connectivity index (χ1n) is 8.75. The van der Waals surface area contributed by atoms with Gasteiger partial charge >= 0.3 is 12.4 Å². The third-order valence-corrected chi connectivity index (χ3v) is 4.09. The number of hydrogen-bond acceptors (Lipinski definition) is 4. The Morgan fingerprint density at radius 2 is 0.941 bits per heavy atom. The molecule has 0 aliphatic carbocycles. The number of hydrogen-bond donors (Lipinski definition) is 2. The highest BCUT2D eigenvalue weighted by Gasteiger charge is 2.51. The summed E-state index contributed by atoms with van der Waals surface area (Å²) in [6, 6.07) is 3.65. The smallest absolute Gasteiger partial charge is 0.420 e. The molecule has 182 valence electrons. The van der Waals surface area contributed by atoms with E-state index < -0.39 is 75.4 Å². The fourth-order valence-corrected chi connectivity index (χ4v) is 2.89. The second kappa shape index (κ2) is 8.50. The van der Waals surface area contributed by atoms with Gasteiger partial charge in [0.05, 0.1) is 0 Å². The van der Waals surface area contributed by atoms with Gasteiger partial charge in [0.25, 0.3) is 0 Å². The van der Waals surface area contributed by atoms with E-state index in [4.69, 9.17) is 11.5 Å². The number of alkyl halides is 6. The Labute approximate surface area is 183 Å². The van der Waals surface area contributed by atoms with Crippen molar-refractivity contribution in [2.45, 2.75) is 12.4 Å². The van der Waals surface area contributed by atoms with Crippen LogP contribution in [0.25, 0.3) is 0 Å². The first kappa shape index (κ1) is 24.8. The highest BCUT2D eigenvalue weighted by Crippen LogP contribution is 2.52. The fraction of sp³-hybridized carbons (Fsp3) is 0.100. The standard InChI is InChI=1S/C20H10F10N2O2/c21-7-1-9(31)5-11(3-7)33-17-14(20(28,29)30)13(19(25,26)27)15(23)18(16(17)24)34-12-4-8(22)2-10(32)6-12/h1-6H,31-32H2. The quantitative estimate of drug-likeness (QED) is 0.298. The van der Waals surface area contributed by atoms with E-state index in [2.05, 4.69) is 9.47 Å². The van der Waals surface area contributed by atoms with E-state index in [1.54, 1.807) is 0 Å². The van der Waals surface area contributed by atoms with Crippen LogP contribution in [0.4, 0.5) is 55.3 Å². The van der Waals surface area contributed by atoms with E-state index in [0.29, 0.717) is 24.3 Å². The number of ether oxygens (including phenoxy) is 2. The van der Waals surface area contributed by atoms with Crippen LogP contribution < -0.4 is 20.9 Å². The summed E-state index contributed by atoms with van der Waals surface area (Å²) < 4.78 is 147. The van der Waals surface area contributed by atoms with E-state index in [9.17, 15) is 39.5 Å². The molecule has 3 rings (SSSR count). The maximum absolute atomic E-state index is 15.1. The minimum atomic E-state index is -6.04. The van der Waals surface area contributed by atoms with Crippen LogP contribution in [0, 0.1) is 23.3 Å². The maximum Gasteiger partial charge on any atom is 0.420 e. The highest BCUT2D eigenvalue weighted by molar-refractivity contribution is 5.56. The summed E-state index contributed by atoms with van der Waals surface area (Å²) in [5, 5.41) is 0. The lowest BCUT2D eigenvalue weighted by Gasteiger charge is -2.23. The zero-order valence-electron chi connectivity index (χ0n) is 16.2. The second-order valence-electron chi connectivity index (χ2n) is 6.68. The SMILES string of the molecule is Nc1cc(F)cc(Oc2c(F)c(Oc3cc(N)cc(F)c3)c(C(F)(F)F)c(C(F)(F)F)c2F)c1. The molecular formula is C20H10F10N2O2. The van der Waals surface area contributed by atoms with Gasteiger partial charge in [-0.1, -0.05) is 0 Å². The Kier molecular flexibility index (Phi) is 6.20. The predicted molar refractivity (Wildman–Crippen MR) is 98.1 cm³/mol. The van der Waals surface area contributed by atoms with Crippen LogP contribution in [0.2, 0.25) is 0 Å². The lowest BCUT2D eigenvalue weighted by molar-refractivity contribution is -0.165. The van der Waals surface area contributed by atoms with Gasteiger partial charge in [-0.3, -0.25) is 0 Å². The lowest BCUT2D eigenvalue weighted by atomic mass is 10.0. The fourth-order valence-electron chi connectivity index (χ4n) is 2.89. The van der Waals surface area contributed by atoms with Gasteiger partial charge < -0.3 is 20.9 Å². The highest BCUT2D eigenvalue weighted by atomic mass is 19.4. The molecule has 0 spiro atoms. The van der Waals surface area contributed by atoms with E-state index in [1.807, 2.05) is 0 Å². The van der Waals surface area contributed by atoms with Gasteiger partial charge in [-0.15, -0.1) is 0 Å². The number of benzene rings is 3. The van der Waals surface area contributed by atoms with Crippen molar-refractivity contribution in [3.63, 3.8) is 0 Å². The Bertz CT molecular complexity index is 1220. The zero-order chi connectivity index (χ0) is 25.6. The predicted octanol–water partition coefficient (Wildman–Crippen LogP) is 7.03. The molecule has 4 N–H and O–H groups in total. The Morgan fingerprint density at radius 1 is 0.529 bits per heavy atom. The molecule has 0 aliphatic heterocycles. The van der Waals surface area contributed by atoms with Gasteiger partial charge in [-0.05, 0) is 12.1 Å². The van der Waals surface area contributed by atoms with Crippen molar-refractivity contribution < 1.29 is 53.4 Å². The first-order chi connectivity index (χ1) is 15.6. The van der Waals surface area contributed by atoms with Gasteiger partial charge in [-0.25, -0.2) is 13.2 Å². The van der Waals surface area contributed by atoms with Crippen LogP contribution in [0.3, 0.4) is 0 Å². The Balaban J connectivity index is 2.35. The van der Waals surface area contributed by atoms with Crippen molar-refractivity contribution in [3.05, 3.63) is 70.8 Å². The molecule has 0 saturated carbocycles. The summed E-state index contributed by atoms with van der Waals surface area (Å²) in [6.45, 7) is 0. The van der Waals surface area contributed by atoms with Crippen LogP contribution in [-0.4, -0.2) is 0 Å². The zero-order valence-corrected chi connectivity index (χ0v) is 16.2. The van der Waals surface area contributed by atoms with Gasteiger partial charge in [0.15, 0.2) is 11.6 Å². The number of halogens is 10. The molecule has 3 aromatic rings. The van der Waals surface area contributed by atoms with Crippen LogP contribution in [0.1, 0.15) is 11.1 Å². The minimum Gasteiger partial charge on any atom is -0.453 e. The van der Waals surface area contributed by atoms with Crippen molar-refractivity contribution in [1.82, 2.24) is 0 Å². The molecule has 0 unspecified atom stereocenters. The molecule has 0 aromatic heterocycles. The van der Waals surface area contributed by atoms with Crippen molar-refractivity contribution >= 4 is 11.4 Å². The van der Waals surface area contributed by atoms with E-state index in [0.717, 1.165) is 12.1 Å². The van der Waals surface area contributed by atoms with Gasteiger partial charge in [0.1, 0.15) is 34.3 Å². The molecular weight excluding hydrogens is 490 g/mol. The van der Waals surface area contributed by atoms with Crippen molar-refractivity contribution in [3.8, 4) is 23.0 Å². The first-order valence-corrected chi connectivity index (χ1v) is 8.75. The van der Waals surface area contributed by atoms with E-state index >= 15 is 4.39 Å². The summed E-state index contributed by atoms with van der Waals surface area (Å²) in [5.74, 6) is -13.5. The molecule has 14 heteroatoms.